The van der Waals surface area contributed by atoms with E-state index in [4.69, 9.17) is 9.47 Å². The van der Waals surface area contributed by atoms with Gasteiger partial charge in [-0.1, -0.05) is 6.07 Å². The van der Waals surface area contributed by atoms with Crippen molar-refractivity contribution in [2.75, 3.05) is 20.3 Å². The third kappa shape index (κ3) is 5.94. The number of carbonyl (C=O) groups excluding carboxylic acids is 2. The Morgan fingerprint density at radius 3 is 2.50 bits per heavy atom. The predicted molar refractivity (Wildman–Crippen MR) is 99.3 cm³/mol. The molecule has 28 heavy (non-hydrogen) atoms. The zero-order valence-corrected chi connectivity index (χ0v) is 15.7. The second-order valence-corrected chi connectivity index (χ2v) is 5.83. The number of amides is 2. The minimum Gasteiger partial charge on any atom is -0.493 e. The molecule has 0 fully saturated rings. The molecule has 0 radical (unpaired) electrons. The van der Waals surface area contributed by atoms with Gasteiger partial charge in [0, 0.05) is 25.6 Å². The van der Waals surface area contributed by atoms with Crippen LogP contribution in [0.15, 0.2) is 36.4 Å². The van der Waals surface area contributed by atoms with Gasteiger partial charge in [0.2, 0.25) is 5.91 Å². The molecule has 2 aromatic carbocycles. The Labute approximate surface area is 161 Å². The lowest BCUT2D eigenvalue weighted by atomic mass is 10.2. The Hall–Kier alpha value is -3.16. The van der Waals surface area contributed by atoms with Crippen LogP contribution < -0.4 is 20.1 Å². The molecule has 0 bridgehead atoms. The monoisotopic (exact) mass is 392 g/mol. The summed E-state index contributed by atoms with van der Waals surface area (Å²) >= 11 is 0. The first kappa shape index (κ1) is 21.1. The van der Waals surface area contributed by atoms with E-state index in [-0.39, 0.29) is 31.0 Å². The highest BCUT2D eigenvalue weighted by atomic mass is 19.1. The zero-order valence-electron chi connectivity index (χ0n) is 15.7. The molecule has 0 unspecified atom stereocenters. The van der Waals surface area contributed by atoms with Gasteiger partial charge in [0.15, 0.2) is 11.5 Å². The summed E-state index contributed by atoms with van der Waals surface area (Å²) in [6, 6.07) is 8.03. The Morgan fingerprint density at radius 2 is 1.82 bits per heavy atom. The van der Waals surface area contributed by atoms with Crippen LogP contribution in [-0.4, -0.2) is 32.1 Å². The molecule has 0 spiro atoms. The van der Waals surface area contributed by atoms with Crippen molar-refractivity contribution in [2.45, 2.75) is 19.9 Å². The Bertz CT molecular complexity index is 843. The van der Waals surface area contributed by atoms with Crippen molar-refractivity contribution in [3.8, 4) is 11.5 Å². The van der Waals surface area contributed by atoms with E-state index in [0.717, 1.165) is 17.7 Å². The highest BCUT2D eigenvalue weighted by Crippen LogP contribution is 2.27. The number of halogens is 2. The summed E-state index contributed by atoms with van der Waals surface area (Å²) in [6.45, 7) is 2.69. The van der Waals surface area contributed by atoms with Crippen LogP contribution in [0.4, 0.5) is 8.78 Å². The van der Waals surface area contributed by atoms with E-state index in [1.807, 2.05) is 13.0 Å². The molecule has 6 nitrogen and oxygen atoms in total. The maximum Gasteiger partial charge on any atom is 0.254 e. The number of benzene rings is 2. The van der Waals surface area contributed by atoms with Gasteiger partial charge < -0.3 is 20.1 Å². The van der Waals surface area contributed by atoms with Crippen LogP contribution in [0.25, 0.3) is 0 Å². The molecule has 2 aromatic rings. The van der Waals surface area contributed by atoms with E-state index >= 15 is 0 Å². The summed E-state index contributed by atoms with van der Waals surface area (Å²) in [6.07, 6.45) is 0.0166. The van der Waals surface area contributed by atoms with Crippen LogP contribution in [-0.2, 0) is 11.3 Å². The lowest BCUT2D eigenvalue weighted by Crippen LogP contribution is -2.31. The van der Waals surface area contributed by atoms with Crippen LogP contribution in [0.2, 0.25) is 0 Å². The van der Waals surface area contributed by atoms with Crippen molar-refractivity contribution in [3.05, 3.63) is 59.2 Å². The van der Waals surface area contributed by atoms with Gasteiger partial charge in [-0.2, -0.15) is 0 Å². The molecule has 0 saturated carbocycles. The summed E-state index contributed by atoms with van der Waals surface area (Å²) in [4.78, 5) is 23.8. The van der Waals surface area contributed by atoms with E-state index in [0.29, 0.717) is 24.2 Å². The van der Waals surface area contributed by atoms with Crippen molar-refractivity contribution in [2.24, 2.45) is 0 Å². The minimum absolute atomic E-state index is 0.0166. The number of ether oxygens (including phenoxy) is 2. The first-order valence-electron chi connectivity index (χ1n) is 8.74. The first-order chi connectivity index (χ1) is 13.4. The zero-order chi connectivity index (χ0) is 20.5. The minimum atomic E-state index is -0.952. The van der Waals surface area contributed by atoms with Crippen LogP contribution in [0.5, 0.6) is 11.5 Å². The number of nitrogens with one attached hydrogen (secondary N) is 2. The van der Waals surface area contributed by atoms with Gasteiger partial charge in [-0.3, -0.25) is 9.59 Å². The van der Waals surface area contributed by atoms with Gasteiger partial charge in [-0.15, -0.1) is 0 Å². The van der Waals surface area contributed by atoms with Crippen molar-refractivity contribution in [1.82, 2.24) is 10.6 Å². The fourth-order valence-electron chi connectivity index (χ4n) is 2.44. The molecule has 0 aromatic heterocycles. The lowest BCUT2D eigenvalue weighted by molar-refractivity contribution is -0.121. The van der Waals surface area contributed by atoms with Crippen LogP contribution in [0.3, 0.4) is 0 Å². The van der Waals surface area contributed by atoms with Crippen LogP contribution >= 0.6 is 0 Å². The van der Waals surface area contributed by atoms with Crippen molar-refractivity contribution >= 4 is 11.8 Å². The van der Waals surface area contributed by atoms with Gasteiger partial charge in [-0.05, 0) is 36.8 Å². The molecule has 8 heteroatoms. The molecule has 0 aliphatic heterocycles. The molecule has 2 amide bonds. The second-order valence-electron chi connectivity index (χ2n) is 5.83. The largest absolute Gasteiger partial charge is 0.493 e. The predicted octanol–water partition coefficient (Wildman–Crippen LogP) is 2.81. The average Bonchev–Trinajstić information content (AvgIpc) is 2.67. The maximum atomic E-state index is 13.5. The van der Waals surface area contributed by atoms with Gasteiger partial charge in [0.05, 0.1) is 19.3 Å². The number of rotatable bonds is 9. The number of methoxy groups -OCH3 is 1. The molecule has 150 valence electrons. The van der Waals surface area contributed by atoms with Gasteiger partial charge in [0.25, 0.3) is 5.91 Å². The summed E-state index contributed by atoms with van der Waals surface area (Å²) in [5, 5.41) is 5.15. The fraction of sp³-hybridized carbons (Fsp3) is 0.300. The standard InChI is InChI=1S/C20H22F2N2O4/c1-3-28-17-7-4-13(10-18(17)27-2)12-24-19(25)8-9-23-20(26)15-6-5-14(21)11-16(15)22/h4-7,10-11H,3,8-9,12H2,1-2H3,(H,23,26)(H,24,25). The summed E-state index contributed by atoms with van der Waals surface area (Å²) in [5.41, 5.74) is 0.550. The fourth-order valence-corrected chi connectivity index (χ4v) is 2.44. The van der Waals surface area contributed by atoms with Gasteiger partial charge in [-0.25, -0.2) is 8.78 Å². The van der Waals surface area contributed by atoms with E-state index < -0.39 is 17.5 Å². The topological polar surface area (TPSA) is 76.7 Å². The molecule has 0 heterocycles. The molecule has 0 aliphatic carbocycles. The quantitative estimate of drug-likeness (QED) is 0.688. The Kier molecular flexibility index (Phi) is 7.74. The van der Waals surface area contributed by atoms with Gasteiger partial charge >= 0.3 is 0 Å². The summed E-state index contributed by atoms with van der Waals surface area (Å²) in [5.74, 6) is -1.52. The normalized spacial score (nSPS) is 10.3. The molecule has 0 atom stereocenters. The smallest absolute Gasteiger partial charge is 0.254 e. The maximum absolute atomic E-state index is 13.5. The Balaban J connectivity index is 1.79. The number of carbonyl (C=O) groups is 2. The van der Waals surface area contributed by atoms with Gasteiger partial charge in [0.1, 0.15) is 11.6 Å². The number of hydrogen-bond donors (Lipinski definition) is 2. The molecular weight excluding hydrogens is 370 g/mol. The summed E-state index contributed by atoms with van der Waals surface area (Å²) < 4.78 is 37.1. The van der Waals surface area contributed by atoms with Crippen LogP contribution in [0.1, 0.15) is 29.3 Å². The Morgan fingerprint density at radius 1 is 1.04 bits per heavy atom. The SMILES string of the molecule is CCOc1ccc(CNC(=O)CCNC(=O)c2ccc(F)cc2F)cc1OC. The van der Waals surface area contributed by atoms with Crippen LogP contribution in [0, 0.1) is 11.6 Å². The van der Waals surface area contributed by atoms with E-state index in [1.54, 1.807) is 12.1 Å². The second kappa shape index (κ2) is 10.2. The highest BCUT2D eigenvalue weighted by Gasteiger charge is 2.13. The molecule has 2 rings (SSSR count). The van der Waals surface area contributed by atoms with Crippen molar-refractivity contribution < 1.29 is 27.8 Å². The molecule has 0 saturated heterocycles. The third-order valence-corrected chi connectivity index (χ3v) is 3.83. The average molecular weight is 392 g/mol. The van der Waals surface area contributed by atoms with Crippen molar-refractivity contribution in [3.63, 3.8) is 0 Å². The molecular formula is C20H22F2N2O4. The highest BCUT2D eigenvalue weighted by molar-refractivity contribution is 5.94. The third-order valence-electron chi connectivity index (χ3n) is 3.83. The first-order valence-corrected chi connectivity index (χ1v) is 8.74. The van der Waals surface area contributed by atoms with Crippen molar-refractivity contribution in [1.29, 1.82) is 0 Å². The summed E-state index contributed by atoms with van der Waals surface area (Å²) in [7, 11) is 1.53. The van der Waals surface area contributed by atoms with E-state index in [1.165, 1.54) is 7.11 Å². The molecule has 0 aliphatic rings. The van der Waals surface area contributed by atoms with E-state index in [2.05, 4.69) is 10.6 Å². The lowest BCUT2D eigenvalue weighted by Gasteiger charge is -2.12. The van der Waals surface area contributed by atoms with E-state index in [9.17, 15) is 18.4 Å². The number of hydrogen-bond acceptors (Lipinski definition) is 4. The molecule has 2 N–H and O–H groups in total.